The van der Waals surface area contributed by atoms with E-state index in [1.54, 1.807) is 30.3 Å². The summed E-state index contributed by atoms with van der Waals surface area (Å²) in [6.07, 6.45) is 1.22. The quantitative estimate of drug-likeness (QED) is 0.786. The van der Waals surface area contributed by atoms with Crippen molar-refractivity contribution in [2.24, 2.45) is 0 Å². The van der Waals surface area contributed by atoms with Crippen LogP contribution in [-0.4, -0.2) is 15.6 Å². The summed E-state index contributed by atoms with van der Waals surface area (Å²) in [6.45, 7) is 0. The van der Waals surface area contributed by atoms with Gasteiger partial charge in [0, 0.05) is 17.0 Å². The monoisotopic (exact) mass is 283 g/mol. The number of hydrogen-bond acceptors (Lipinski definition) is 2. The molecule has 5 heteroatoms. The Balaban J connectivity index is 2.42. The molecule has 3 rings (SSSR count). The lowest BCUT2D eigenvalue weighted by molar-refractivity contribution is 0.0698. The number of nitrogens with zero attached hydrogens (tertiary/aromatic N) is 1. The van der Waals surface area contributed by atoms with Crippen molar-refractivity contribution in [1.29, 1.82) is 0 Å². The van der Waals surface area contributed by atoms with Gasteiger partial charge in [-0.05, 0) is 24.3 Å². The van der Waals surface area contributed by atoms with Crippen molar-refractivity contribution < 1.29 is 14.3 Å². The highest BCUT2D eigenvalue weighted by atomic mass is 19.1. The van der Waals surface area contributed by atoms with Gasteiger partial charge in [-0.25, -0.2) is 9.18 Å². The van der Waals surface area contributed by atoms with Gasteiger partial charge < -0.3 is 5.11 Å². The Hall–Kier alpha value is -2.95. The van der Waals surface area contributed by atoms with E-state index in [0.29, 0.717) is 5.39 Å². The van der Waals surface area contributed by atoms with E-state index < -0.39 is 11.8 Å². The van der Waals surface area contributed by atoms with Gasteiger partial charge in [0.05, 0.1) is 11.3 Å². The molecule has 0 amide bonds. The zero-order chi connectivity index (χ0) is 15.0. The summed E-state index contributed by atoms with van der Waals surface area (Å²) < 4.78 is 14.5. The van der Waals surface area contributed by atoms with Crippen LogP contribution in [0.5, 0.6) is 0 Å². The van der Waals surface area contributed by atoms with Gasteiger partial charge >= 0.3 is 5.97 Å². The number of carboxylic acids is 1. The Morgan fingerprint density at radius 2 is 1.76 bits per heavy atom. The van der Waals surface area contributed by atoms with Crippen LogP contribution in [0.4, 0.5) is 4.39 Å². The van der Waals surface area contributed by atoms with E-state index in [-0.39, 0.29) is 22.2 Å². The molecular formula is C16H10FNO3. The molecule has 0 unspecified atom stereocenters. The fourth-order valence-corrected chi connectivity index (χ4v) is 2.28. The number of carbonyl (C=O) groups is 1. The van der Waals surface area contributed by atoms with Crippen LogP contribution in [0.2, 0.25) is 0 Å². The van der Waals surface area contributed by atoms with Gasteiger partial charge in [-0.3, -0.25) is 9.36 Å². The molecule has 4 nitrogen and oxygen atoms in total. The van der Waals surface area contributed by atoms with Gasteiger partial charge in [-0.1, -0.05) is 24.3 Å². The minimum Gasteiger partial charge on any atom is -0.478 e. The van der Waals surface area contributed by atoms with Crippen LogP contribution >= 0.6 is 0 Å². The van der Waals surface area contributed by atoms with Crippen LogP contribution in [0.3, 0.4) is 0 Å². The lowest BCUT2D eigenvalue weighted by atomic mass is 10.1. The molecule has 21 heavy (non-hydrogen) atoms. The number of rotatable bonds is 2. The Morgan fingerprint density at radius 3 is 2.43 bits per heavy atom. The first kappa shape index (κ1) is 13.1. The third-order valence-electron chi connectivity index (χ3n) is 3.24. The molecule has 1 N–H and O–H groups in total. The zero-order valence-corrected chi connectivity index (χ0v) is 10.8. The van der Waals surface area contributed by atoms with E-state index in [9.17, 15) is 19.1 Å². The second-order valence-electron chi connectivity index (χ2n) is 4.55. The molecule has 0 aliphatic carbocycles. The Bertz CT molecular complexity index is 915. The third kappa shape index (κ3) is 2.18. The summed E-state index contributed by atoms with van der Waals surface area (Å²) in [4.78, 5) is 23.8. The van der Waals surface area contributed by atoms with Crippen molar-refractivity contribution in [1.82, 2.24) is 4.57 Å². The standard InChI is InChI=1S/C16H10FNO3/c17-10-4-3-5-11(8-10)18-9-14(16(20)21)12-6-1-2-7-13(12)15(18)19/h1-9H,(H,20,21). The van der Waals surface area contributed by atoms with E-state index in [1.807, 2.05) is 0 Å². The molecule has 3 aromatic rings. The van der Waals surface area contributed by atoms with Crippen molar-refractivity contribution in [2.75, 3.05) is 0 Å². The number of aromatic nitrogens is 1. The van der Waals surface area contributed by atoms with E-state index in [4.69, 9.17) is 0 Å². The summed E-state index contributed by atoms with van der Waals surface area (Å²) in [5.74, 6) is -1.64. The molecule has 1 aromatic heterocycles. The summed E-state index contributed by atoms with van der Waals surface area (Å²) in [5, 5.41) is 9.95. The molecule has 0 fully saturated rings. The van der Waals surface area contributed by atoms with Gasteiger partial charge in [-0.15, -0.1) is 0 Å². The molecule has 104 valence electrons. The van der Waals surface area contributed by atoms with E-state index >= 15 is 0 Å². The molecule has 0 bridgehead atoms. The maximum atomic E-state index is 13.3. The van der Waals surface area contributed by atoms with Gasteiger partial charge in [0.15, 0.2) is 0 Å². The van der Waals surface area contributed by atoms with Crippen LogP contribution in [0.15, 0.2) is 59.5 Å². The van der Waals surface area contributed by atoms with Crippen LogP contribution in [0.25, 0.3) is 16.5 Å². The van der Waals surface area contributed by atoms with Crippen molar-refractivity contribution in [3.05, 3.63) is 76.5 Å². The number of aromatic carboxylic acids is 1. The summed E-state index contributed by atoms with van der Waals surface area (Å²) >= 11 is 0. The minimum atomic E-state index is -1.14. The lowest BCUT2D eigenvalue weighted by Gasteiger charge is -2.10. The Kier molecular flexibility index (Phi) is 3.02. The normalized spacial score (nSPS) is 10.7. The maximum Gasteiger partial charge on any atom is 0.337 e. The average Bonchev–Trinajstić information content (AvgIpc) is 2.47. The highest BCUT2D eigenvalue weighted by Gasteiger charge is 2.14. The number of benzene rings is 2. The first-order valence-corrected chi connectivity index (χ1v) is 6.21. The number of carboxylic acid groups (broad SMARTS) is 1. The first-order chi connectivity index (χ1) is 10.1. The number of pyridine rings is 1. The summed E-state index contributed by atoms with van der Waals surface area (Å²) in [5.41, 5.74) is -0.107. The van der Waals surface area contributed by atoms with E-state index in [2.05, 4.69) is 0 Å². The topological polar surface area (TPSA) is 59.3 Å². The van der Waals surface area contributed by atoms with Crippen LogP contribution in [0.1, 0.15) is 10.4 Å². The van der Waals surface area contributed by atoms with Crippen molar-refractivity contribution in [3.63, 3.8) is 0 Å². The van der Waals surface area contributed by atoms with Gasteiger partial charge in [0.1, 0.15) is 5.82 Å². The third-order valence-corrected chi connectivity index (χ3v) is 3.24. The second kappa shape index (κ2) is 4.86. The smallest absolute Gasteiger partial charge is 0.337 e. The minimum absolute atomic E-state index is 0.00513. The van der Waals surface area contributed by atoms with Crippen LogP contribution in [-0.2, 0) is 0 Å². The van der Waals surface area contributed by atoms with Crippen molar-refractivity contribution >= 4 is 16.7 Å². The molecule has 0 aliphatic heterocycles. The number of halogens is 1. The first-order valence-electron chi connectivity index (χ1n) is 6.21. The Morgan fingerprint density at radius 1 is 1.05 bits per heavy atom. The SMILES string of the molecule is O=C(O)c1cn(-c2cccc(F)c2)c(=O)c2ccccc12. The highest BCUT2D eigenvalue weighted by Crippen LogP contribution is 2.18. The van der Waals surface area contributed by atoms with E-state index in [1.165, 1.54) is 24.4 Å². The van der Waals surface area contributed by atoms with Crippen molar-refractivity contribution in [3.8, 4) is 5.69 Å². The van der Waals surface area contributed by atoms with Crippen molar-refractivity contribution in [2.45, 2.75) is 0 Å². The predicted octanol–water partition coefficient (Wildman–Crippen LogP) is 2.83. The van der Waals surface area contributed by atoms with Gasteiger partial charge in [0.2, 0.25) is 0 Å². The molecule has 2 aromatic carbocycles. The van der Waals surface area contributed by atoms with E-state index in [0.717, 1.165) is 4.57 Å². The van der Waals surface area contributed by atoms with Crippen LogP contribution in [0, 0.1) is 5.82 Å². The summed E-state index contributed by atoms with van der Waals surface area (Å²) in [7, 11) is 0. The molecule has 0 saturated heterocycles. The maximum absolute atomic E-state index is 13.3. The largest absolute Gasteiger partial charge is 0.478 e. The molecule has 0 aliphatic rings. The van der Waals surface area contributed by atoms with Gasteiger partial charge in [-0.2, -0.15) is 0 Å². The number of fused-ring (bicyclic) bond motifs is 1. The second-order valence-corrected chi connectivity index (χ2v) is 4.55. The van der Waals surface area contributed by atoms with Gasteiger partial charge in [0.25, 0.3) is 5.56 Å². The Labute approximate surface area is 118 Å². The van der Waals surface area contributed by atoms with Crippen LogP contribution < -0.4 is 5.56 Å². The molecule has 0 saturated carbocycles. The molecular weight excluding hydrogens is 273 g/mol. The average molecular weight is 283 g/mol. The summed E-state index contributed by atoms with van der Waals surface area (Å²) in [6, 6.07) is 11.9. The highest BCUT2D eigenvalue weighted by molar-refractivity contribution is 6.03. The zero-order valence-electron chi connectivity index (χ0n) is 10.8. The predicted molar refractivity (Wildman–Crippen MR) is 76.5 cm³/mol. The lowest BCUT2D eigenvalue weighted by Crippen LogP contribution is -2.20. The molecule has 0 atom stereocenters. The number of hydrogen-bond donors (Lipinski definition) is 1. The molecule has 0 spiro atoms. The molecule has 0 radical (unpaired) electrons. The molecule has 1 heterocycles. The fourth-order valence-electron chi connectivity index (χ4n) is 2.28. The fraction of sp³-hybridized carbons (Fsp3) is 0.